The normalized spacial score (nSPS) is 11.4. The molecule has 0 spiro atoms. The maximum atomic E-state index is 12.6. The van der Waals surface area contributed by atoms with Crippen LogP contribution < -0.4 is 10.9 Å². The number of carbonyl (C=O) groups excluding carboxylic acids is 2. The van der Waals surface area contributed by atoms with Gasteiger partial charge in [0.15, 0.2) is 5.69 Å². The SMILES string of the molecule is CCOC(=O)Nc1ccc2c(COC(=O)Cn3ccc(C(F)(F)F)n3)cc(=O)oc2c1. The molecule has 3 aromatic rings. The summed E-state index contributed by atoms with van der Waals surface area (Å²) in [5.41, 5.74) is -1.07. The minimum absolute atomic E-state index is 0.134. The molecule has 1 aromatic carbocycles. The summed E-state index contributed by atoms with van der Waals surface area (Å²) in [6.45, 7) is 0.969. The van der Waals surface area contributed by atoms with Gasteiger partial charge in [0.25, 0.3) is 0 Å². The van der Waals surface area contributed by atoms with Crippen molar-refractivity contribution in [1.82, 2.24) is 9.78 Å². The lowest BCUT2D eigenvalue weighted by molar-refractivity contribution is -0.147. The summed E-state index contributed by atoms with van der Waals surface area (Å²) in [7, 11) is 0. The second-order valence-electron chi connectivity index (χ2n) is 6.20. The maximum absolute atomic E-state index is 12.6. The number of alkyl halides is 3. The summed E-state index contributed by atoms with van der Waals surface area (Å²) in [6.07, 6.45) is -4.29. The van der Waals surface area contributed by atoms with Crippen molar-refractivity contribution in [2.24, 2.45) is 0 Å². The highest BCUT2D eigenvalue weighted by Gasteiger charge is 2.33. The third-order valence-electron chi connectivity index (χ3n) is 3.96. The van der Waals surface area contributed by atoms with E-state index in [2.05, 4.69) is 10.4 Å². The van der Waals surface area contributed by atoms with Crippen molar-refractivity contribution in [3.63, 3.8) is 0 Å². The molecule has 0 aliphatic rings. The average Bonchev–Trinajstić information content (AvgIpc) is 3.15. The zero-order chi connectivity index (χ0) is 22.6. The second kappa shape index (κ2) is 8.90. The van der Waals surface area contributed by atoms with Gasteiger partial charge < -0.3 is 13.9 Å². The molecule has 0 aliphatic heterocycles. The quantitative estimate of drug-likeness (QED) is 0.463. The van der Waals surface area contributed by atoms with E-state index in [4.69, 9.17) is 13.9 Å². The highest BCUT2D eigenvalue weighted by molar-refractivity contribution is 5.90. The molecule has 2 heterocycles. The summed E-state index contributed by atoms with van der Waals surface area (Å²) in [4.78, 5) is 35.3. The van der Waals surface area contributed by atoms with Crippen molar-refractivity contribution >= 4 is 28.7 Å². The van der Waals surface area contributed by atoms with E-state index in [0.29, 0.717) is 16.6 Å². The maximum Gasteiger partial charge on any atom is 0.435 e. The standard InChI is InChI=1S/C19H16F3N3O6/c1-2-29-18(28)23-12-3-4-13-11(7-16(26)31-14(13)8-12)10-30-17(27)9-25-6-5-15(24-25)19(20,21)22/h3-8H,2,9-10H2,1H3,(H,23,28). The molecule has 1 amide bonds. The lowest BCUT2D eigenvalue weighted by atomic mass is 10.1. The van der Waals surface area contributed by atoms with Crippen LogP contribution in [0, 0.1) is 0 Å². The van der Waals surface area contributed by atoms with E-state index in [1.165, 1.54) is 12.1 Å². The van der Waals surface area contributed by atoms with Crippen LogP contribution in [0.25, 0.3) is 11.0 Å². The van der Waals surface area contributed by atoms with Crippen molar-refractivity contribution in [3.05, 3.63) is 58.2 Å². The first kappa shape index (κ1) is 21.9. The molecule has 31 heavy (non-hydrogen) atoms. The summed E-state index contributed by atoms with van der Waals surface area (Å²) >= 11 is 0. The fourth-order valence-electron chi connectivity index (χ4n) is 2.65. The molecule has 0 saturated carbocycles. The molecule has 0 bridgehead atoms. The van der Waals surface area contributed by atoms with Gasteiger partial charge in [0.2, 0.25) is 0 Å². The van der Waals surface area contributed by atoms with Crippen LogP contribution in [0.4, 0.5) is 23.7 Å². The van der Waals surface area contributed by atoms with Crippen molar-refractivity contribution < 1.29 is 36.7 Å². The van der Waals surface area contributed by atoms with Crippen LogP contribution in [0.5, 0.6) is 0 Å². The monoisotopic (exact) mass is 439 g/mol. The van der Waals surface area contributed by atoms with Gasteiger partial charge in [0, 0.05) is 35.0 Å². The number of nitrogens with zero attached hydrogens (tertiary/aromatic N) is 2. The third kappa shape index (κ3) is 5.62. The van der Waals surface area contributed by atoms with Gasteiger partial charge in [0.05, 0.1) is 6.61 Å². The van der Waals surface area contributed by atoms with E-state index < -0.39 is 36.1 Å². The van der Waals surface area contributed by atoms with Gasteiger partial charge in [-0.05, 0) is 25.1 Å². The van der Waals surface area contributed by atoms with Crippen LogP contribution >= 0.6 is 0 Å². The number of anilines is 1. The highest BCUT2D eigenvalue weighted by atomic mass is 19.4. The zero-order valence-electron chi connectivity index (χ0n) is 16.1. The number of amides is 1. The van der Waals surface area contributed by atoms with Crippen molar-refractivity contribution in [2.45, 2.75) is 26.3 Å². The number of hydrogen-bond donors (Lipinski definition) is 1. The molecule has 0 unspecified atom stereocenters. The van der Waals surface area contributed by atoms with Crippen LogP contribution in [0.2, 0.25) is 0 Å². The van der Waals surface area contributed by atoms with Gasteiger partial charge in [0.1, 0.15) is 18.7 Å². The van der Waals surface area contributed by atoms with Gasteiger partial charge in [-0.15, -0.1) is 0 Å². The Bertz CT molecular complexity index is 1170. The van der Waals surface area contributed by atoms with Gasteiger partial charge in [-0.25, -0.2) is 9.59 Å². The summed E-state index contributed by atoms with van der Waals surface area (Å²) in [6, 6.07) is 6.36. The van der Waals surface area contributed by atoms with Crippen LogP contribution in [-0.4, -0.2) is 28.4 Å². The molecular weight excluding hydrogens is 423 g/mol. The molecule has 2 aromatic heterocycles. The number of ether oxygens (including phenoxy) is 2. The topological polar surface area (TPSA) is 113 Å². The van der Waals surface area contributed by atoms with Crippen LogP contribution in [0.1, 0.15) is 18.2 Å². The molecule has 0 radical (unpaired) electrons. The van der Waals surface area contributed by atoms with Gasteiger partial charge in [-0.3, -0.25) is 14.8 Å². The van der Waals surface area contributed by atoms with Crippen LogP contribution in [0.15, 0.2) is 45.7 Å². The first-order valence-electron chi connectivity index (χ1n) is 8.92. The summed E-state index contributed by atoms with van der Waals surface area (Å²) < 4.78 is 53.5. The number of carbonyl (C=O) groups is 2. The van der Waals surface area contributed by atoms with E-state index in [1.807, 2.05) is 0 Å². The second-order valence-corrected chi connectivity index (χ2v) is 6.20. The molecule has 0 aliphatic carbocycles. The number of halogens is 3. The van der Waals surface area contributed by atoms with Gasteiger partial charge >= 0.3 is 23.9 Å². The zero-order valence-corrected chi connectivity index (χ0v) is 16.1. The Morgan fingerprint density at radius 2 is 1.97 bits per heavy atom. The number of esters is 1. The summed E-state index contributed by atoms with van der Waals surface area (Å²) in [5, 5.41) is 6.18. The molecule has 3 rings (SSSR count). The number of aromatic nitrogens is 2. The Morgan fingerprint density at radius 3 is 2.65 bits per heavy atom. The van der Waals surface area contributed by atoms with Crippen molar-refractivity contribution in [3.8, 4) is 0 Å². The number of benzene rings is 1. The van der Waals surface area contributed by atoms with Gasteiger partial charge in [-0.1, -0.05) is 0 Å². The van der Waals surface area contributed by atoms with E-state index >= 15 is 0 Å². The number of rotatable bonds is 6. The van der Waals surface area contributed by atoms with Crippen molar-refractivity contribution in [2.75, 3.05) is 11.9 Å². The lowest BCUT2D eigenvalue weighted by Gasteiger charge is -2.09. The predicted octanol–water partition coefficient (Wildman–Crippen LogP) is 3.32. The minimum atomic E-state index is -4.62. The average molecular weight is 439 g/mol. The van der Waals surface area contributed by atoms with Gasteiger partial charge in [-0.2, -0.15) is 18.3 Å². The fraction of sp³-hybridized carbons (Fsp3) is 0.263. The fourth-order valence-corrected chi connectivity index (χ4v) is 2.65. The highest BCUT2D eigenvalue weighted by Crippen LogP contribution is 2.27. The Balaban J connectivity index is 1.70. The molecular formula is C19H16F3N3O6. The van der Waals surface area contributed by atoms with Crippen LogP contribution in [0.3, 0.4) is 0 Å². The molecule has 1 N–H and O–H groups in total. The Morgan fingerprint density at radius 1 is 1.19 bits per heavy atom. The molecule has 164 valence electrons. The minimum Gasteiger partial charge on any atom is -0.459 e. The van der Waals surface area contributed by atoms with E-state index in [0.717, 1.165) is 23.0 Å². The molecule has 0 saturated heterocycles. The molecule has 9 nitrogen and oxygen atoms in total. The molecule has 12 heteroatoms. The Hall–Kier alpha value is -3.83. The Labute approximate surface area is 172 Å². The van der Waals surface area contributed by atoms with E-state index in [9.17, 15) is 27.6 Å². The van der Waals surface area contributed by atoms with Crippen LogP contribution in [-0.2, 0) is 33.6 Å². The lowest BCUT2D eigenvalue weighted by Crippen LogP contribution is -2.16. The summed E-state index contributed by atoms with van der Waals surface area (Å²) in [5.74, 6) is -0.848. The van der Waals surface area contributed by atoms with E-state index in [1.54, 1.807) is 13.0 Å². The van der Waals surface area contributed by atoms with Crippen molar-refractivity contribution in [1.29, 1.82) is 0 Å². The third-order valence-corrected chi connectivity index (χ3v) is 3.96. The molecule has 0 atom stereocenters. The first-order chi connectivity index (χ1) is 14.7. The number of hydrogen-bond acceptors (Lipinski definition) is 7. The first-order valence-corrected chi connectivity index (χ1v) is 8.92. The molecule has 0 fully saturated rings. The number of fused-ring (bicyclic) bond motifs is 1. The predicted molar refractivity (Wildman–Crippen MR) is 100 cm³/mol. The largest absolute Gasteiger partial charge is 0.459 e. The number of nitrogens with one attached hydrogen (secondary N) is 1. The smallest absolute Gasteiger partial charge is 0.435 e. The Kier molecular flexibility index (Phi) is 6.28. The van der Waals surface area contributed by atoms with E-state index in [-0.39, 0.29) is 18.8 Å².